The van der Waals surface area contributed by atoms with Gasteiger partial charge in [0, 0.05) is 29.6 Å². The maximum absolute atomic E-state index is 12.4. The second-order valence-electron chi connectivity index (χ2n) is 4.42. The van der Waals surface area contributed by atoms with Gasteiger partial charge in [0.25, 0.3) is 5.91 Å². The minimum Gasteiger partial charge on any atom is -0.307 e. The van der Waals surface area contributed by atoms with Gasteiger partial charge in [-0.3, -0.25) is 9.78 Å². The topological polar surface area (TPSA) is 46.1 Å². The second kappa shape index (κ2) is 4.97. The molecular formula is C14H12ClN3O. The average Bonchev–Trinajstić information content (AvgIpc) is 2.46. The van der Waals surface area contributed by atoms with Crippen LogP contribution in [0.15, 0.2) is 36.8 Å². The highest BCUT2D eigenvalue weighted by atomic mass is 35.5. The average molecular weight is 274 g/mol. The van der Waals surface area contributed by atoms with Crippen LogP contribution in [0.25, 0.3) is 0 Å². The van der Waals surface area contributed by atoms with Gasteiger partial charge in [0.1, 0.15) is 5.69 Å². The van der Waals surface area contributed by atoms with Gasteiger partial charge in [0.05, 0.1) is 6.20 Å². The van der Waals surface area contributed by atoms with Gasteiger partial charge < -0.3 is 4.90 Å². The van der Waals surface area contributed by atoms with Gasteiger partial charge in [-0.1, -0.05) is 11.6 Å². The molecule has 0 aliphatic carbocycles. The largest absolute Gasteiger partial charge is 0.307 e. The van der Waals surface area contributed by atoms with Gasteiger partial charge >= 0.3 is 0 Å². The number of hydrogen-bond donors (Lipinski definition) is 0. The number of rotatable bonds is 1. The molecule has 96 valence electrons. The molecule has 0 spiro atoms. The Hall–Kier alpha value is -1.94. The molecule has 4 nitrogen and oxygen atoms in total. The van der Waals surface area contributed by atoms with Crippen molar-refractivity contribution >= 4 is 23.2 Å². The first-order valence-corrected chi connectivity index (χ1v) is 6.50. The lowest BCUT2D eigenvalue weighted by Gasteiger charge is -2.29. The summed E-state index contributed by atoms with van der Waals surface area (Å²) in [5.41, 5.74) is 2.40. The molecule has 0 N–H and O–H groups in total. The molecule has 0 radical (unpaired) electrons. The Morgan fingerprint density at radius 2 is 2.21 bits per heavy atom. The van der Waals surface area contributed by atoms with Gasteiger partial charge in [0.15, 0.2) is 0 Å². The van der Waals surface area contributed by atoms with Crippen LogP contribution in [0, 0.1) is 0 Å². The van der Waals surface area contributed by atoms with E-state index in [9.17, 15) is 4.79 Å². The number of fused-ring (bicyclic) bond motifs is 1. The van der Waals surface area contributed by atoms with Crippen molar-refractivity contribution < 1.29 is 4.79 Å². The van der Waals surface area contributed by atoms with E-state index in [1.807, 2.05) is 18.2 Å². The zero-order valence-corrected chi connectivity index (χ0v) is 11.0. The number of nitrogens with zero attached hydrogens (tertiary/aromatic N) is 3. The molecule has 1 aliphatic rings. The van der Waals surface area contributed by atoms with Gasteiger partial charge in [0.2, 0.25) is 0 Å². The van der Waals surface area contributed by atoms with Crippen molar-refractivity contribution in [1.29, 1.82) is 0 Å². The van der Waals surface area contributed by atoms with E-state index in [4.69, 9.17) is 11.6 Å². The van der Waals surface area contributed by atoms with Gasteiger partial charge in [-0.2, -0.15) is 0 Å². The van der Waals surface area contributed by atoms with Crippen molar-refractivity contribution in [3.8, 4) is 0 Å². The van der Waals surface area contributed by atoms with Crippen molar-refractivity contribution in [2.24, 2.45) is 0 Å². The summed E-state index contributed by atoms with van der Waals surface area (Å²) in [5.74, 6) is -0.114. The molecule has 1 aromatic carbocycles. The fraction of sp³-hybridized carbons (Fsp3) is 0.214. The molecule has 1 aliphatic heterocycles. The molecule has 0 fully saturated rings. The molecule has 1 aromatic heterocycles. The van der Waals surface area contributed by atoms with Crippen LogP contribution in [0.2, 0.25) is 5.02 Å². The Balaban J connectivity index is 1.98. The summed E-state index contributed by atoms with van der Waals surface area (Å²) in [5, 5.41) is 0.701. The van der Waals surface area contributed by atoms with E-state index in [0.29, 0.717) is 17.3 Å². The number of halogens is 1. The quantitative estimate of drug-likeness (QED) is 0.803. The van der Waals surface area contributed by atoms with E-state index >= 15 is 0 Å². The van der Waals surface area contributed by atoms with E-state index in [2.05, 4.69) is 9.97 Å². The van der Waals surface area contributed by atoms with E-state index in [0.717, 1.165) is 24.1 Å². The molecule has 5 heteroatoms. The lowest BCUT2D eigenvalue weighted by atomic mass is 10.0. The summed E-state index contributed by atoms with van der Waals surface area (Å²) in [4.78, 5) is 22.2. The van der Waals surface area contributed by atoms with Crippen molar-refractivity contribution in [3.63, 3.8) is 0 Å². The van der Waals surface area contributed by atoms with E-state index in [-0.39, 0.29) is 5.91 Å². The molecule has 19 heavy (non-hydrogen) atoms. The number of amides is 1. The SMILES string of the molecule is O=C(c1cnccn1)N1CCCc2cc(Cl)ccc21. The van der Waals surface area contributed by atoms with E-state index in [1.165, 1.54) is 12.4 Å². The number of aryl methyl sites for hydroxylation is 1. The molecule has 3 rings (SSSR count). The number of carbonyl (C=O) groups is 1. The fourth-order valence-electron chi connectivity index (χ4n) is 2.32. The number of aromatic nitrogens is 2. The summed E-state index contributed by atoms with van der Waals surface area (Å²) in [6.07, 6.45) is 6.45. The third-order valence-corrected chi connectivity index (χ3v) is 3.42. The van der Waals surface area contributed by atoms with E-state index < -0.39 is 0 Å². The molecule has 0 atom stereocenters. The molecule has 1 amide bonds. The maximum Gasteiger partial charge on any atom is 0.278 e. The molecular weight excluding hydrogens is 262 g/mol. The second-order valence-corrected chi connectivity index (χ2v) is 4.86. The van der Waals surface area contributed by atoms with E-state index in [1.54, 1.807) is 11.1 Å². The molecule has 0 saturated heterocycles. The van der Waals surface area contributed by atoms with Crippen LogP contribution >= 0.6 is 11.6 Å². The number of hydrogen-bond acceptors (Lipinski definition) is 3. The normalized spacial score (nSPS) is 14.1. The number of benzene rings is 1. The van der Waals surface area contributed by atoms with Crippen LogP contribution in [0.4, 0.5) is 5.69 Å². The summed E-state index contributed by atoms with van der Waals surface area (Å²) < 4.78 is 0. The van der Waals surface area contributed by atoms with Gasteiger partial charge in [-0.05, 0) is 36.6 Å². The Morgan fingerprint density at radius 1 is 1.32 bits per heavy atom. The van der Waals surface area contributed by atoms with Crippen LogP contribution in [-0.4, -0.2) is 22.4 Å². The zero-order valence-electron chi connectivity index (χ0n) is 10.2. The van der Waals surface area contributed by atoms with Crippen LogP contribution < -0.4 is 4.90 Å². The highest BCUT2D eigenvalue weighted by molar-refractivity contribution is 6.30. The first-order chi connectivity index (χ1) is 9.25. The van der Waals surface area contributed by atoms with Crippen molar-refractivity contribution in [3.05, 3.63) is 53.1 Å². The van der Waals surface area contributed by atoms with Crippen LogP contribution in [-0.2, 0) is 6.42 Å². The smallest absolute Gasteiger partial charge is 0.278 e. The maximum atomic E-state index is 12.4. The highest BCUT2D eigenvalue weighted by Gasteiger charge is 2.24. The Labute approximate surface area is 116 Å². The number of anilines is 1. The lowest BCUT2D eigenvalue weighted by Crippen LogP contribution is -2.36. The predicted octanol–water partition coefficient (Wildman–Crippen LogP) is 2.72. The van der Waals surface area contributed by atoms with Crippen LogP contribution in [0.1, 0.15) is 22.5 Å². The standard InChI is InChI=1S/C14H12ClN3O/c15-11-3-4-13-10(8-11)2-1-7-18(13)14(19)12-9-16-5-6-17-12/h3-6,8-9H,1-2,7H2. The first-order valence-electron chi connectivity index (χ1n) is 6.12. The summed E-state index contributed by atoms with van der Waals surface area (Å²) in [6.45, 7) is 0.698. The van der Waals surface area contributed by atoms with Crippen molar-refractivity contribution in [2.45, 2.75) is 12.8 Å². The minimum absolute atomic E-state index is 0.114. The van der Waals surface area contributed by atoms with Gasteiger partial charge in [-0.15, -0.1) is 0 Å². The summed E-state index contributed by atoms with van der Waals surface area (Å²) in [6, 6.07) is 5.63. The summed E-state index contributed by atoms with van der Waals surface area (Å²) >= 11 is 6.00. The van der Waals surface area contributed by atoms with Crippen molar-refractivity contribution in [2.75, 3.05) is 11.4 Å². The van der Waals surface area contributed by atoms with Crippen LogP contribution in [0.3, 0.4) is 0 Å². The Morgan fingerprint density at radius 3 is 3.00 bits per heavy atom. The fourth-order valence-corrected chi connectivity index (χ4v) is 2.52. The number of carbonyl (C=O) groups excluding carboxylic acids is 1. The summed E-state index contributed by atoms with van der Waals surface area (Å²) in [7, 11) is 0. The molecule has 0 bridgehead atoms. The third-order valence-electron chi connectivity index (χ3n) is 3.19. The van der Waals surface area contributed by atoms with Gasteiger partial charge in [-0.25, -0.2) is 4.98 Å². The highest BCUT2D eigenvalue weighted by Crippen LogP contribution is 2.30. The van der Waals surface area contributed by atoms with Crippen LogP contribution in [0.5, 0.6) is 0 Å². The molecule has 2 heterocycles. The Bertz CT molecular complexity index is 615. The monoisotopic (exact) mass is 273 g/mol. The third kappa shape index (κ3) is 2.31. The lowest BCUT2D eigenvalue weighted by molar-refractivity contribution is 0.0980. The molecule has 0 saturated carbocycles. The molecule has 2 aromatic rings. The predicted molar refractivity (Wildman–Crippen MR) is 73.5 cm³/mol. The Kier molecular flexibility index (Phi) is 3.17. The molecule has 0 unspecified atom stereocenters. The zero-order chi connectivity index (χ0) is 13.2. The van der Waals surface area contributed by atoms with Crippen molar-refractivity contribution in [1.82, 2.24) is 9.97 Å². The first kappa shape index (κ1) is 12.1. The minimum atomic E-state index is -0.114.